The Morgan fingerprint density at radius 1 is 1.43 bits per heavy atom. The Labute approximate surface area is 115 Å². The summed E-state index contributed by atoms with van der Waals surface area (Å²) in [6.07, 6.45) is -7.32. The van der Waals surface area contributed by atoms with Gasteiger partial charge in [-0.2, -0.15) is 0 Å². The molecule has 0 unspecified atom stereocenters. The Kier molecular flexibility index (Phi) is 2.63. The molecule has 1 aliphatic heterocycles. The van der Waals surface area contributed by atoms with Crippen molar-refractivity contribution in [2.24, 2.45) is 0 Å². The lowest BCUT2D eigenvalue weighted by molar-refractivity contribution is -0.155. The zero-order valence-corrected chi connectivity index (χ0v) is 10.2. The van der Waals surface area contributed by atoms with E-state index in [1.54, 1.807) is 0 Å². The van der Waals surface area contributed by atoms with Gasteiger partial charge >= 0.3 is 11.7 Å². The zero-order valence-electron chi connectivity index (χ0n) is 11.2. The molecule has 0 spiro atoms. The Hall–Kier alpha value is -2.50. The number of aromatic nitrogens is 4. The number of imidazole rings is 1. The summed E-state index contributed by atoms with van der Waals surface area (Å²) in [7, 11) is 0. The van der Waals surface area contributed by atoms with Gasteiger partial charge in [-0.25, -0.2) is 14.6 Å². The summed E-state index contributed by atoms with van der Waals surface area (Å²) >= 11 is 0. The quantitative estimate of drug-likeness (QED) is 0.393. The van der Waals surface area contributed by atoms with Crippen LogP contribution >= 0.6 is 0 Å². The van der Waals surface area contributed by atoms with Crippen LogP contribution in [0.1, 0.15) is 7.60 Å². The maximum Gasteiger partial charge on any atom is 0.335 e. The molecule has 0 aromatic carbocycles. The van der Waals surface area contributed by atoms with E-state index in [1.807, 2.05) is 4.98 Å². The number of carboxylic acid groups (broad SMARTS) is 1. The Bertz CT molecular complexity index is 868. The first-order chi connectivity index (χ1) is 10.2. The van der Waals surface area contributed by atoms with E-state index in [2.05, 4.69) is 9.97 Å². The third kappa shape index (κ3) is 1.94. The molecule has 2 aromatic rings. The SMILES string of the molecule is [2H][C@@]1(O)[C@H](O)[C@@H](C(=O)O)O[C@H]1n1cnc2c(=O)[nH]c(=O)[nH]c21. The van der Waals surface area contributed by atoms with E-state index in [0.717, 1.165) is 10.9 Å². The molecule has 3 rings (SSSR count). The molecule has 5 N–H and O–H groups in total. The van der Waals surface area contributed by atoms with Crippen LogP contribution in [0.25, 0.3) is 11.2 Å². The number of ether oxygens (including phenoxy) is 1. The van der Waals surface area contributed by atoms with Crippen molar-refractivity contribution in [3.05, 3.63) is 27.2 Å². The molecule has 1 fully saturated rings. The number of aliphatic hydroxyl groups excluding tert-OH is 1. The summed E-state index contributed by atoms with van der Waals surface area (Å²) in [6, 6.07) is 0. The number of aliphatic carboxylic acids is 1. The van der Waals surface area contributed by atoms with Crippen LogP contribution in [0, 0.1) is 0 Å². The number of carbonyl (C=O) groups is 1. The second kappa shape index (κ2) is 4.51. The van der Waals surface area contributed by atoms with E-state index in [-0.39, 0.29) is 11.2 Å². The van der Waals surface area contributed by atoms with Gasteiger partial charge in [0.2, 0.25) is 0 Å². The Morgan fingerprint density at radius 2 is 2.14 bits per heavy atom. The lowest BCUT2D eigenvalue weighted by atomic mass is 10.1. The predicted molar refractivity (Wildman–Crippen MR) is 64.5 cm³/mol. The number of aliphatic hydroxyl groups is 2. The van der Waals surface area contributed by atoms with Crippen LogP contribution in [0.15, 0.2) is 15.9 Å². The second-order valence-corrected chi connectivity index (χ2v) is 4.37. The number of hydrogen-bond acceptors (Lipinski definition) is 7. The van der Waals surface area contributed by atoms with Gasteiger partial charge in [0.05, 0.1) is 7.70 Å². The number of nitrogens with one attached hydrogen (secondary N) is 2. The van der Waals surface area contributed by atoms with E-state index in [4.69, 9.17) is 11.2 Å². The van der Waals surface area contributed by atoms with E-state index in [0.29, 0.717) is 0 Å². The van der Waals surface area contributed by atoms with Crippen LogP contribution in [0.2, 0.25) is 0 Å². The maximum absolute atomic E-state index is 11.6. The van der Waals surface area contributed by atoms with Crippen molar-refractivity contribution < 1.29 is 26.2 Å². The number of carboxylic acids is 1. The molecule has 1 saturated heterocycles. The highest BCUT2D eigenvalue weighted by atomic mass is 16.6. The molecular weight excluding hydrogens is 288 g/mol. The standard InChI is InChI=1S/C10H10N4O7/c15-3-4(16)8(21-5(3)9(18)19)14-1-11-2-6(14)12-10(20)13-7(2)17/h1,3-5,8,15-16H,(H,18,19)(H2,12,13,17,20)/t3-,4+,5-,8+/m0/s1/i4D. The van der Waals surface area contributed by atoms with Crippen molar-refractivity contribution in [2.75, 3.05) is 0 Å². The number of fused-ring (bicyclic) bond motifs is 1. The minimum absolute atomic E-state index is 0.178. The number of hydrogen-bond donors (Lipinski definition) is 5. The summed E-state index contributed by atoms with van der Waals surface area (Å²) in [5.74, 6) is -1.57. The number of aromatic amines is 2. The molecule has 4 atom stereocenters. The first-order valence-electron chi connectivity index (χ1n) is 6.21. The monoisotopic (exact) mass is 299 g/mol. The summed E-state index contributed by atoms with van der Waals surface area (Å²) in [4.78, 5) is 41.8. The van der Waals surface area contributed by atoms with Crippen LogP contribution in [-0.4, -0.2) is 59.1 Å². The van der Waals surface area contributed by atoms with Gasteiger partial charge in [0, 0.05) is 0 Å². The fourth-order valence-corrected chi connectivity index (χ4v) is 2.12. The maximum atomic E-state index is 11.6. The average Bonchev–Trinajstić information content (AvgIpc) is 2.91. The van der Waals surface area contributed by atoms with Crippen LogP contribution < -0.4 is 11.2 Å². The lowest BCUT2D eigenvalue weighted by Crippen LogP contribution is -2.35. The summed E-state index contributed by atoms with van der Waals surface area (Å²) in [6.45, 7) is 0. The fourth-order valence-electron chi connectivity index (χ4n) is 2.12. The molecule has 3 heterocycles. The van der Waals surface area contributed by atoms with Gasteiger partial charge in [-0.15, -0.1) is 0 Å². The third-order valence-electron chi connectivity index (χ3n) is 3.08. The van der Waals surface area contributed by atoms with Crippen molar-refractivity contribution >= 4 is 17.1 Å². The largest absolute Gasteiger partial charge is 0.479 e. The molecule has 0 saturated carbocycles. The molecule has 0 bridgehead atoms. The molecular formula is C10H10N4O7. The van der Waals surface area contributed by atoms with E-state index < -0.39 is 41.7 Å². The van der Waals surface area contributed by atoms with Crippen LogP contribution in [-0.2, 0) is 9.53 Å². The molecule has 0 radical (unpaired) electrons. The highest BCUT2D eigenvalue weighted by molar-refractivity contribution is 5.74. The van der Waals surface area contributed by atoms with Crippen molar-refractivity contribution in [1.29, 1.82) is 0 Å². The Balaban J connectivity index is 2.18. The summed E-state index contributed by atoms with van der Waals surface area (Å²) < 4.78 is 13.6. The number of rotatable bonds is 2. The number of nitrogens with zero attached hydrogens (tertiary/aromatic N) is 2. The first-order valence-corrected chi connectivity index (χ1v) is 5.71. The summed E-state index contributed by atoms with van der Waals surface area (Å²) in [5, 5.41) is 28.6. The lowest BCUT2D eigenvalue weighted by Gasteiger charge is -2.16. The second-order valence-electron chi connectivity index (χ2n) is 4.37. The molecule has 11 nitrogen and oxygen atoms in total. The van der Waals surface area contributed by atoms with E-state index in [9.17, 15) is 24.6 Å². The fraction of sp³-hybridized carbons (Fsp3) is 0.400. The van der Waals surface area contributed by atoms with Gasteiger partial charge in [-0.05, 0) is 0 Å². The zero-order chi connectivity index (χ0) is 16.2. The highest BCUT2D eigenvalue weighted by Crippen LogP contribution is 2.30. The van der Waals surface area contributed by atoms with Gasteiger partial charge in [-0.3, -0.25) is 19.3 Å². The van der Waals surface area contributed by atoms with Crippen molar-refractivity contribution in [2.45, 2.75) is 24.5 Å². The molecule has 0 amide bonds. The van der Waals surface area contributed by atoms with E-state index >= 15 is 0 Å². The van der Waals surface area contributed by atoms with Crippen LogP contribution in [0.5, 0.6) is 0 Å². The van der Waals surface area contributed by atoms with Crippen LogP contribution in [0.3, 0.4) is 0 Å². The normalized spacial score (nSPS) is 33.2. The predicted octanol–water partition coefficient (Wildman–Crippen LogP) is -2.88. The molecule has 1 aliphatic rings. The first kappa shape index (κ1) is 12.3. The van der Waals surface area contributed by atoms with Crippen molar-refractivity contribution in [3.63, 3.8) is 0 Å². The minimum Gasteiger partial charge on any atom is -0.479 e. The van der Waals surface area contributed by atoms with Gasteiger partial charge in [0.25, 0.3) is 5.56 Å². The van der Waals surface area contributed by atoms with Gasteiger partial charge in [-0.1, -0.05) is 0 Å². The summed E-state index contributed by atoms with van der Waals surface area (Å²) in [5.41, 5.74) is -2.05. The Morgan fingerprint density at radius 3 is 2.76 bits per heavy atom. The van der Waals surface area contributed by atoms with Gasteiger partial charge in [0.1, 0.15) is 17.8 Å². The van der Waals surface area contributed by atoms with Crippen LogP contribution in [0.4, 0.5) is 0 Å². The minimum atomic E-state index is -2.73. The van der Waals surface area contributed by atoms with Crippen molar-refractivity contribution in [3.8, 4) is 0 Å². The molecule has 11 heteroatoms. The van der Waals surface area contributed by atoms with Gasteiger partial charge < -0.3 is 20.1 Å². The smallest absolute Gasteiger partial charge is 0.335 e. The molecule has 21 heavy (non-hydrogen) atoms. The molecule has 0 aliphatic carbocycles. The van der Waals surface area contributed by atoms with Crippen molar-refractivity contribution in [1.82, 2.24) is 19.5 Å². The van der Waals surface area contributed by atoms with E-state index in [1.165, 1.54) is 0 Å². The third-order valence-corrected chi connectivity index (χ3v) is 3.08. The topological polar surface area (TPSA) is 171 Å². The average molecular weight is 299 g/mol. The number of H-pyrrole nitrogens is 2. The van der Waals surface area contributed by atoms with Gasteiger partial charge in [0.15, 0.2) is 17.8 Å². The highest BCUT2D eigenvalue weighted by Gasteiger charge is 2.47. The molecule has 112 valence electrons. The molecule has 2 aromatic heterocycles.